The number of hydrogen-bond donors (Lipinski definition) is 2. The van der Waals surface area contributed by atoms with Gasteiger partial charge in [-0.1, -0.05) is 70.2 Å². The highest BCUT2D eigenvalue weighted by Gasteiger charge is 2.40. The molecule has 1 unspecified atom stereocenters. The van der Waals surface area contributed by atoms with E-state index in [2.05, 4.69) is 10.3 Å². The fourth-order valence-electron chi connectivity index (χ4n) is 5.84. The van der Waals surface area contributed by atoms with Crippen LogP contribution in [-0.2, 0) is 27.8 Å². The average molecular weight is 681 g/mol. The van der Waals surface area contributed by atoms with Crippen LogP contribution >= 0.6 is 11.3 Å². The van der Waals surface area contributed by atoms with Gasteiger partial charge in [0.1, 0.15) is 12.1 Å². The molecule has 0 saturated carbocycles. The summed E-state index contributed by atoms with van der Waals surface area (Å²) >= 11 is 1.52. The third kappa shape index (κ3) is 8.96. The van der Waals surface area contributed by atoms with Crippen molar-refractivity contribution in [3.8, 4) is 6.07 Å². The zero-order chi connectivity index (χ0) is 34.3. The number of carbonyl (C=O) groups excluding carboxylic acids is 2. The number of aryl methyl sites for hydroxylation is 1. The molecule has 1 aromatic heterocycles. The van der Waals surface area contributed by atoms with E-state index in [9.17, 15) is 28.4 Å². The molecule has 3 amide bonds. The van der Waals surface area contributed by atoms with Gasteiger partial charge in [-0.25, -0.2) is 18.2 Å². The molecule has 11 nitrogen and oxygen atoms in total. The minimum absolute atomic E-state index is 0.0129. The molecule has 2 heterocycles. The van der Waals surface area contributed by atoms with Crippen LogP contribution in [0.2, 0.25) is 0 Å². The number of aromatic nitrogens is 1. The average Bonchev–Trinajstić information content (AvgIpc) is 3.60. The molecule has 0 spiro atoms. The summed E-state index contributed by atoms with van der Waals surface area (Å²) in [5, 5.41) is 27.2. The minimum atomic E-state index is -4.17. The van der Waals surface area contributed by atoms with E-state index in [0.717, 1.165) is 16.3 Å². The van der Waals surface area contributed by atoms with E-state index in [4.69, 9.17) is 0 Å². The first-order valence-corrected chi connectivity index (χ1v) is 18.1. The molecule has 13 heteroatoms. The molecule has 0 aliphatic carbocycles. The molecule has 2 N–H and O–H groups in total. The smallest absolute Gasteiger partial charge is 0.321 e. The molecule has 47 heavy (non-hydrogen) atoms. The summed E-state index contributed by atoms with van der Waals surface area (Å²) in [6, 6.07) is 15.3. The summed E-state index contributed by atoms with van der Waals surface area (Å²) in [5.41, 5.74) is 1.66. The van der Waals surface area contributed by atoms with Gasteiger partial charge in [0, 0.05) is 31.6 Å². The third-order valence-electron chi connectivity index (χ3n) is 8.06. The maximum Gasteiger partial charge on any atom is 0.321 e. The zero-order valence-corrected chi connectivity index (χ0v) is 29.2. The van der Waals surface area contributed by atoms with Gasteiger partial charge in [0.2, 0.25) is 15.9 Å². The number of aliphatic hydroxyl groups excluding tert-OH is 1. The number of aliphatic hydroxyl groups is 1. The zero-order valence-electron chi connectivity index (χ0n) is 27.5. The number of carbonyl (C=O) groups is 2. The highest BCUT2D eigenvalue weighted by molar-refractivity contribution is 7.89. The lowest BCUT2D eigenvalue weighted by Gasteiger charge is -2.34. The third-order valence-corrected chi connectivity index (χ3v) is 10.8. The fraction of sp³-hybridized carbons (Fsp3) is 0.471. The molecular formula is C34H44N6O5S2. The van der Waals surface area contributed by atoms with Crippen LogP contribution in [0.5, 0.6) is 0 Å². The van der Waals surface area contributed by atoms with Crippen molar-refractivity contribution in [1.29, 1.82) is 5.26 Å². The quantitative estimate of drug-likeness (QED) is 0.247. The summed E-state index contributed by atoms with van der Waals surface area (Å²) < 4.78 is 28.9. The van der Waals surface area contributed by atoms with Gasteiger partial charge in [-0.05, 0) is 42.9 Å². The first kappa shape index (κ1) is 36.0. The number of rotatable bonds is 15. The molecule has 2 aromatic carbocycles. The van der Waals surface area contributed by atoms with Crippen LogP contribution in [0.25, 0.3) is 0 Å². The Kier molecular flexibility index (Phi) is 12.1. The summed E-state index contributed by atoms with van der Waals surface area (Å²) in [6.07, 6.45) is -1.08. The van der Waals surface area contributed by atoms with Gasteiger partial charge in [-0.2, -0.15) is 9.57 Å². The van der Waals surface area contributed by atoms with E-state index in [1.54, 1.807) is 21.9 Å². The first-order valence-electron chi connectivity index (χ1n) is 15.8. The van der Waals surface area contributed by atoms with Crippen LogP contribution in [0.15, 0.2) is 64.9 Å². The summed E-state index contributed by atoms with van der Waals surface area (Å²) in [4.78, 5) is 35.2. The highest BCUT2D eigenvalue weighted by Crippen LogP contribution is 2.24. The Hall–Kier alpha value is -3.83. The minimum Gasteiger partial charge on any atom is -0.390 e. The van der Waals surface area contributed by atoms with Crippen molar-refractivity contribution in [2.75, 3.05) is 26.2 Å². The van der Waals surface area contributed by atoms with Crippen LogP contribution in [0.4, 0.5) is 4.79 Å². The first-order chi connectivity index (χ1) is 22.3. The highest BCUT2D eigenvalue weighted by atomic mass is 32.2. The lowest BCUT2D eigenvalue weighted by Crippen LogP contribution is -2.57. The Bertz CT molecular complexity index is 1670. The predicted molar refractivity (Wildman–Crippen MR) is 181 cm³/mol. The molecule has 3 aromatic rings. The van der Waals surface area contributed by atoms with E-state index < -0.39 is 34.1 Å². The van der Waals surface area contributed by atoms with Crippen molar-refractivity contribution in [1.82, 2.24) is 24.4 Å². The van der Waals surface area contributed by atoms with Crippen molar-refractivity contribution in [2.24, 2.45) is 11.8 Å². The topological polar surface area (TPSA) is 147 Å². The molecule has 1 aliphatic rings. The van der Waals surface area contributed by atoms with Gasteiger partial charge >= 0.3 is 6.03 Å². The van der Waals surface area contributed by atoms with Crippen molar-refractivity contribution < 1.29 is 23.1 Å². The molecule has 0 radical (unpaired) electrons. The number of hydrogen-bond acceptors (Lipinski definition) is 8. The SMILES string of the molecule is Cc1nc(CN2CCN(C(C(=O)N[C@@H](Cc3ccccc3)[C@H](O)CN(CC(C)C)S(=O)(=O)c3ccccc3C#N)C(C)C)C2=O)cs1. The molecule has 0 bridgehead atoms. The van der Waals surface area contributed by atoms with Gasteiger partial charge in [-0.3, -0.25) is 4.79 Å². The number of nitrogens with zero attached hydrogens (tertiary/aromatic N) is 5. The van der Waals surface area contributed by atoms with Gasteiger partial charge in [-0.15, -0.1) is 11.3 Å². The lowest BCUT2D eigenvalue weighted by atomic mass is 9.97. The van der Waals surface area contributed by atoms with Crippen LogP contribution in [0.1, 0.15) is 49.5 Å². The molecule has 252 valence electrons. The second-order valence-corrected chi connectivity index (χ2v) is 15.6. The van der Waals surface area contributed by atoms with Crippen molar-refractivity contribution >= 4 is 33.3 Å². The van der Waals surface area contributed by atoms with Crippen molar-refractivity contribution in [3.63, 3.8) is 0 Å². The molecule has 1 saturated heterocycles. The number of nitrogens with one attached hydrogen (secondary N) is 1. The maximum absolute atomic E-state index is 14.0. The fourth-order valence-corrected chi connectivity index (χ4v) is 8.21. The largest absolute Gasteiger partial charge is 0.390 e. The Morgan fingerprint density at radius 1 is 1.09 bits per heavy atom. The number of nitriles is 1. The van der Waals surface area contributed by atoms with Gasteiger partial charge < -0.3 is 20.2 Å². The van der Waals surface area contributed by atoms with Crippen LogP contribution in [0.3, 0.4) is 0 Å². The molecule has 1 aliphatic heterocycles. The van der Waals surface area contributed by atoms with E-state index in [0.29, 0.717) is 19.6 Å². The summed E-state index contributed by atoms with van der Waals surface area (Å²) in [6.45, 7) is 10.3. The second-order valence-electron chi connectivity index (χ2n) is 12.6. The van der Waals surface area contributed by atoms with Gasteiger partial charge in [0.15, 0.2) is 0 Å². The van der Waals surface area contributed by atoms with E-state index >= 15 is 0 Å². The summed E-state index contributed by atoms with van der Waals surface area (Å²) in [5.74, 6) is -0.751. The van der Waals surface area contributed by atoms with Gasteiger partial charge in [0.25, 0.3) is 0 Å². The molecule has 1 fully saturated rings. The van der Waals surface area contributed by atoms with E-state index in [1.807, 2.05) is 76.4 Å². The van der Waals surface area contributed by atoms with E-state index in [-0.39, 0.29) is 47.8 Å². The molecule has 3 atom stereocenters. The number of benzene rings is 2. The van der Waals surface area contributed by atoms with Crippen molar-refractivity contribution in [2.45, 2.75) is 70.7 Å². The Balaban J connectivity index is 1.59. The number of amides is 3. The van der Waals surface area contributed by atoms with Crippen LogP contribution < -0.4 is 5.32 Å². The normalized spacial score (nSPS) is 15.7. The molecule has 4 rings (SSSR count). The van der Waals surface area contributed by atoms with Crippen molar-refractivity contribution in [3.05, 3.63) is 81.8 Å². The second kappa shape index (κ2) is 15.8. The van der Waals surface area contributed by atoms with E-state index in [1.165, 1.54) is 27.8 Å². The lowest BCUT2D eigenvalue weighted by molar-refractivity contribution is -0.128. The van der Waals surface area contributed by atoms with Gasteiger partial charge in [0.05, 0.1) is 39.9 Å². The molecular weight excluding hydrogens is 637 g/mol. The van der Waals surface area contributed by atoms with Crippen LogP contribution in [-0.4, -0.2) is 88.9 Å². The Morgan fingerprint density at radius 2 is 1.77 bits per heavy atom. The maximum atomic E-state index is 14.0. The Morgan fingerprint density at radius 3 is 2.38 bits per heavy atom. The number of thiazole rings is 1. The standard InChI is InChI=1S/C34H44N6O5S2/c1-23(2)19-39(47(44,45)31-14-10-9-13-27(31)18-35)21-30(41)29(17-26-11-7-6-8-12-26)37-33(42)32(24(3)4)40-16-15-38(34(40)43)20-28-22-46-25(5)36-28/h6-14,22-24,29-30,32,41H,15-17,19-21H2,1-5H3,(H,37,42)/t29-,30+,32?/m0/s1. The van der Waals surface area contributed by atoms with Crippen LogP contribution in [0, 0.1) is 30.1 Å². The Labute approximate surface area is 281 Å². The number of urea groups is 1. The predicted octanol–water partition coefficient (Wildman–Crippen LogP) is 4.02. The summed E-state index contributed by atoms with van der Waals surface area (Å²) in [7, 11) is -4.17. The number of sulfonamides is 1. The monoisotopic (exact) mass is 680 g/mol.